The van der Waals surface area contributed by atoms with E-state index in [4.69, 9.17) is 9.72 Å². The van der Waals surface area contributed by atoms with E-state index < -0.39 is 0 Å². The number of fused-ring (bicyclic) bond motifs is 1. The Morgan fingerprint density at radius 2 is 1.80 bits per heavy atom. The van der Waals surface area contributed by atoms with E-state index in [2.05, 4.69) is 16.9 Å². The van der Waals surface area contributed by atoms with Gasteiger partial charge in [0.2, 0.25) is 0 Å². The van der Waals surface area contributed by atoms with Crippen LogP contribution in [0.3, 0.4) is 0 Å². The van der Waals surface area contributed by atoms with E-state index in [1.165, 1.54) is 0 Å². The molecule has 0 atom stereocenters. The Hall–Kier alpha value is -3.85. The molecule has 0 aliphatic heterocycles. The summed E-state index contributed by atoms with van der Waals surface area (Å²) in [4.78, 5) is 17.1. The number of aryl methyl sites for hydroxylation is 1. The van der Waals surface area contributed by atoms with Gasteiger partial charge in [-0.1, -0.05) is 30.3 Å². The van der Waals surface area contributed by atoms with Crippen molar-refractivity contribution < 1.29 is 9.53 Å². The number of pyridine rings is 1. The largest absolute Gasteiger partial charge is 0.497 e. The lowest BCUT2D eigenvalue weighted by molar-refractivity contribution is 0.0962. The van der Waals surface area contributed by atoms with Gasteiger partial charge in [0.1, 0.15) is 17.4 Å². The van der Waals surface area contributed by atoms with Gasteiger partial charge in [-0.3, -0.25) is 15.6 Å². The maximum absolute atomic E-state index is 12.4. The monoisotopic (exact) mass is 398 g/mol. The van der Waals surface area contributed by atoms with Crippen molar-refractivity contribution in [3.63, 3.8) is 0 Å². The molecule has 150 valence electrons. The smallest absolute Gasteiger partial charge is 0.269 e. The molecule has 1 aliphatic rings. The number of hydrogen-bond acceptors (Lipinski definition) is 5. The molecule has 0 saturated carbocycles. The highest BCUT2D eigenvalue weighted by Crippen LogP contribution is 2.37. The van der Waals surface area contributed by atoms with Crippen LogP contribution in [0.15, 0.2) is 54.6 Å². The summed E-state index contributed by atoms with van der Waals surface area (Å²) in [6.45, 7) is 0. The summed E-state index contributed by atoms with van der Waals surface area (Å²) in [5.74, 6) is 0.840. The lowest BCUT2D eigenvalue weighted by Crippen LogP contribution is -2.30. The first kappa shape index (κ1) is 19.5. The van der Waals surface area contributed by atoms with Crippen LogP contribution in [0, 0.1) is 11.3 Å². The lowest BCUT2D eigenvalue weighted by Gasteiger charge is -2.22. The number of benzene rings is 2. The minimum atomic E-state index is -0.287. The summed E-state index contributed by atoms with van der Waals surface area (Å²) in [6, 6.07) is 18.9. The second-order valence-electron chi connectivity index (χ2n) is 7.13. The number of methoxy groups -OCH3 is 1. The molecule has 30 heavy (non-hydrogen) atoms. The summed E-state index contributed by atoms with van der Waals surface area (Å²) < 4.78 is 5.27. The van der Waals surface area contributed by atoms with E-state index in [0.29, 0.717) is 16.9 Å². The van der Waals surface area contributed by atoms with Gasteiger partial charge in [0, 0.05) is 16.8 Å². The van der Waals surface area contributed by atoms with Gasteiger partial charge >= 0.3 is 0 Å². The quantitative estimate of drug-likeness (QED) is 0.627. The highest BCUT2D eigenvalue weighted by Gasteiger charge is 2.23. The van der Waals surface area contributed by atoms with Crippen molar-refractivity contribution in [2.24, 2.45) is 0 Å². The Morgan fingerprint density at radius 1 is 1.07 bits per heavy atom. The zero-order chi connectivity index (χ0) is 20.9. The summed E-state index contributed by atoms with van der Waals surface area (Å²) in [5, 5.41) is 9.98. The van der Waals surface area contributed by atoms with Crippen molar-refractivity contribution in [1.82, 2.24) is 10.4 Å². The van der Waals surface area contributed by atoms with Crippen LogP contribution in [-0.2, 0) is 12.8 Å². The van der Waals surface area contributed by atoms with Crippen molar-refractivity contribution in [2.75, 3.05) is 12.5 Å². The minimum absolute atomic E-state index is 0.287. The topological polar surface area (TPSA) is 87.0 Å². The number of nitrogens with one attached hydrogen (secondary N) is 2. The first-order valence-corrected chi connectivity index (χ1v) is 9.93. The van der Waals surface area contributed by atoms with Crippen LogP contribution in [-0.4, -0.2) is 18.0 Å². The van der Waals surface area contributed by atoms with Crippen LogP contribution in [0.2, 0.25) is 0 Å². The van der Waals surface area contributed by atoms with Crippen molar-refractivity contribution in [1.29, 1.82) is 5.26 Å². The number of ether oxygens (including phenoxy) is 1. The minimum Gasteiger partial charge on any atom is -0.497 e. The van der Waals surface area contributed by atoms with Crippen LogP contribution >= 0.6 is 0 Å². The number of aromatic nitrogens is 1. The molecule has 2 N–H and O–H groups in total. The number of nitriles is 1. The van der Waals surface area contributed by atoms with Crippen molar-refractivity contribution >= 4 is 11.7 Å². The molecule has 0 unspecified atom stereocenters. The molecule has 6 nitrogen and oxygen atoms in total. The van der Waals surface area contributed by atoms with Crippen molar-refractivity contribution in [2.45, 2.75) is 25.7 Å². The molecule has 0 bridgehead atoms. The van der Waals surface area contributed by atoms with Gasteiger partial charge in [0.05, 0.1) is 7.11 Å². The molecule has 3 aromatic rings. The maximum Gasteiger partial charge on any atom is 0.269 e. The predicted molar refractivity (Wildman–Crippen MR) is 115 cm³/mol. The van der Waals surface area contributed by atoms with E-state index in [9.17, 15) is 10.1 Å². The van der Waals surface area contributed by atoms with E-state index >= 15 is 0 Å². The average Bonchev–Trinajstić information content (AvgIpc) is 2.82. The Morgan fingerprint density at radius 3 is 2.50 bits per heavy atom. The third-order valence-corrected chi connectivity index (χ3v) is 5.29. The molecule has 1 heterocycles. The van der Waals surface area contributed by atoms with Crippen LogP contribution in [0.4, 0.5) is 5.82 Å². The number of nitrogens with zero attached hydrogens (tertiary/aromatic N) is 2. The van der Waals surface area contributed by atoms with E-state index in [1.807, 2.05) is 30.3 Å². The fourth-order valence-electron chi connectivity index (χ4n) is 3.80. The Bertz CT molecular complexity index is 1100. The van der Waals surface area contributed by atoms with Gasteiger partial charge in [-0.2, -0.15) is 5.26 Å². The molecular formula is C24H22N4O2. The van der Waals surface area contributed by atoms with E-state index in [1.54, 1.807) is 31.4 Å². The van der Waals surface area contributed by atoms with E-state index in [-0.39, 0.29) is 5.91 Å². The Kier molecular flexibility index (Phi) is 5.62. The average molecular weight is 398 g/mol. The Balaban J connectivity index is 1.73. The Labute approximate surface area is 175 Å². The molecule has 2 aromatic carbocycles. The van der Waals surface area contributed by atoms with Gasteiger partial charge in [-0.25, -0.2) is 4.98 Å². The molecule has 4 rings (SSSR count). The standard InChI is InChI=1S/C24H22N4O2/c1-30-18-13-11-16(12-14-18)22-19-9-5-6-10-21(19)26-23(20(22)15-25)27-28-24(29)17-7-3-2-4-8-17/h2-4,7-8,11-14H,5-6,9-10H2,1H3,(H,26,27)(H,28,29). The fourth-order valence-corrected chi connectivity index (χ4v) is 3.80. The van der Waals surface area contributed by atoms with Gasteiger partial charge < -0.3 is 4.74 Å². The first-order chi connectivity index (χ1) is 14.7. The number of carbonyl (C=O) groups excluding carboxylic acids is 1. The summed E-state index contributed by atoms with van der Waals surface area (Å²) in [7, 11) is 1.63. The number of hydrazine groups is 1. The molecular weight excluding hydrogens is 376 g/mol. The number of anilines is 1. The number of carbonyl (C=O) groups is 1. The van der Waals surface area contributed by atoms with Gasteiger partial charge in [0.25, 0.3) is 5.91 Å². The summed E-state index contributed by atoms with van der Waals surface area (Å²) >= 11 is 0. The second-order valence-corrected chi connectivity index (χ2v) is 7.13. The third kappa shape index (κ3) is 3.83. The molecule has 0 saturated heterocycles. The summed E-state index contributed by atoms with van der Waals surface area (Å²) in [6.07, 6.45) is 3.87. The zero-order valence-electron chi connectivity index (χ0n) is 16.7. The molecule has 0 spiro atoms. The lowest BCUT2D eigenvalue weighted by atomic mass is 9.86. The zero-order valence-corrected chi connectivity index (χ0v) is 16.7. The third-order valence-electron chi connectivity index (χ3n) is 5.29. The fraction of sp³-hybridized carbons (Fsp3) is 0.208. The van der Waals surface area contributed by atoms with Gasteiger partial charge in [-0.05, 0) is 61.1 Å². The highest BCUT2D eigenvalue weighted by molar-refractivity contribution is 5.95. The van der Waals surface area contributed by atoms with Gasteiger partial charge in [-0.15, -0.1) is 0 Å². The first-order valence-electron chi connectivity index (χ1n) is 9.93. The van der Waals surface area contributed by atoms with E-state index in [0.717, 1.165) is 53.8 Å². The maximum atomic E-state index is 12.4. The van der Waals surface area contributed by atoms with Crippen LogP contribution < -0.4 is 15.6 Å². The van der Waals surface area contributed by atoms with Crippen LogP contribution in [0.5, 0.6) is 5.75 Å². The molecule has 0 radical (unpaired) electrons. The molecule has 1 aliphatic carbocycles. The molecule has 0 fully saturated rings. The SMILES string of the molecule is COc1ccc(-c2c(C#N)c(NNC(=O)c3ccccc3)nc3c2CCCC3)cc1. The van der Waals surface area contributed by atoms with Crippen LogP contribution in [0.1, 0.15) is 40.0 Å². The van der Waals surface area contributed by atoms with Crippen molar-refractivity contribution in [3.8, 4) is 22.9 Å². The number of hydrogen-bond donors (Lipinski definition) is 2. The highest BCUT2D eigenvalue weighted by atomic mass is 16.5. The van der Waals surface area contributed by atoms with Crippen molar-refractivity contribution in [3.05, 3.63) is 77.0 Å². The normalized spacial score (nSPS) is 12.4. The summed E-state index contributed by atoms with van der Waals surface area (Å²) in [5.41, 5.74) is 10.4. The second kappa shape index (κ2) is 8.66. The molecule has 1 aromatic heterocycles. The number of amides is 1. The van der Waals surface area contributed by atoms with Crippen LogP contribution in [0.25, 0.3) is 11.1 Å². The molecule has 1 amide bonds. The molecule has 6 heteroatoms. The van der Waals surface area contributed by atoms with Gasteiger partial charge in [0.15, 0.2) is 5.82 Å². The predicted octanol–water partition coefficient (Wildman–Crippen LogP) is 4.26. The number of rotatable bonds is 5.